The van der Waals surface area contributed by atoms with Gasteiger partial charge in [-0.3, -0.25) is 4.98 Å². The number of aryl methyl sites for hydroxylation is 3. The van der Waals surface area contributed by atoms with Crippen LogP contribution in [-0.4, -0.2) is 26.1 Å². The molecule has 0 saturated carbocycles. The summed E-state index contributed by atoms with van der Waals surface area (Å²) in [5.74, 6) is 0. The number of hydrogen-bond donors (Lipinski definition) is 1. The Hall–Kier alpha value is -2.66. The number of nitrogens with zero attached hydrogens (tertiary/aromatic N) is 3. The molecule has 0 spiro atoms. The van der Waals surface area contributed by atoms with E-state index < -0.39 is 0 Å². The Morgan fingerprint density at radius 1 is 1.03 bits per heavy atom. The van der Waals surface area contributed by atoms with Crippen LogP contribution in [0.2, 0.25) is 0 Å². The Labute approximate surface area is 178 Å². The Bertz CT molecular complexity index is 1030. The van der Waals surface area contributed by atoms with E-state index in [1.807, 2.05) is 18.3 Å². The van der Waals surface area contributed by atoms with Crippen LogP contribution < -0.4 is 5.32 Å². The maximum Gasteiger partial charge on any atom is 0.170 e. The monoisotopic (exact) mass is 404 g/mol. The molecule has 150 valence electrons. The van der Waals surface area contributed by atoms with Crippen molar-refractivity contribution in [3.05, 3.63) is 82.4 Å². The third-order valence-corrected chi connectivity index (χ3v) is 6.14. The van der Waals surface area contributed by atoms with Crippen molar-refractivity contribution in [2.75, 3.05) is 6.54 Å². The van der Waals surface area contributed by atoms with Gasteiger partial charge >= 0.3 is 0 Å². The third-order valence-electron chi connectivity index (χ3n) is 5.79. The highest BCUT2D eigenvalue weighted by Gasteiger charge is 2.40. The minimum Gasteiger partial charge on any atom is -0.352 e. The van der Waals surface area contributed by atoms with Gasteiger partial charge in [0.05, 0.1) is 17.8 Å². The van der Waals surface area contributed by atoms with Crippen molar-refractivity contribution in [2.45, 2.75) is 46.7 Å². The molecule has 29 heavy (non-hydrogen) atoms. The molecule has 2 aromatic heterocycles. The maximum absolute atomic E-state index is 5.68. The molecule has 1 aliphatic rings. The molecular formula is C24H28N4S. The average Bonchev–Trinajstić information content (AvgIpc) is 3.16. The van der Waals surface area contributed by atoms with Gasteiger partial charge in [-0.1, -0.05) is 12.1 Å². The van der Waals surface area contributed by atoms with Gasteiger partial charge in [0.15, 0.2) is 5.11 Å². The van der Waals surface area contributed by atoms with Crippen LogP contribution in [-0.2, 0) is 0 Å². The molecule has 3 heterocycles. The zero-order chi connectivity index (χ0) is 20.7. The van der Waals surface area contributed by atoms with E-state index in [2.05, 4.69) is 84.7 Å². The first-order valence-electron chi connectivity index (χ1n) is 10.2. The van der Waals surface area contributed by atoms with Crippen molar-refractivity contribution in [1.29, 1.82) is 0 Å². The maximum atomic E-state index is 5.68. The predicted octanol–water partition coefficient (Wildman–Crippen LogP) is 5.10. The van der Waals surface area contributed by atoms with Gasteiger partial charge in [-0.25, -0.2) is 0 Å². The number of nitrogens with one attached hydrogen (secondary N) is 1. The summed E-state index contributed by atoms with van der Waals surface area (Å²) in [4.78, 5) is 6.90. The molecule has 4 rings (SSSR count). The van der Waals surface area contributed by atoms with Gasteiger partial charge in [0.1, 0.15) is 0 Å². The molecule has 0 bridgehead atoms. The lowest BCUT2D eigenvalue weighted by Crippen LogP contribution is -2.29. The summed E-state index contributed by atoms with van der Waals surface area (Å²) in [7, 11) is 0. The highest BCUT2D eigenvalue weighted by Crippen LogP contribution is 2.41. The molecule has 1 aliphatic heterocycles. The van der Waals surface area contributed by atoms with Gasteiger partial charge in [0.2, 0.25) is 0 Å². The fourth-order valence-electron chi connectivity index (χ4n) is 4.65. The minimum atomic E-state index is 0.0387. The second kappa shape index (κ2) is 7.64. The fourth-order valence-corrected chi connectivity index (χ4v) is 5.02. The van der Waals surface area contributed by atoms with Gasteiger partial charge in [-0.05, 0) is 93.9 Å². The molecular weight excluding hydrogens is 376 g/mol. The van der Waals surface area contributed by atoms with Crippen molar-refractivity contribution < 1.29 is 0 Å². The lowest BCUT2D eigenvalue weighted by atomic mass is 9.97. The van der Waals surface area contributed by atoms with Gasteiger partial charge in [-0.2, -0.15) is 0 Å². The summed E-state index contributed by atoms with van der Waals surface area (Å²) in [6, 6.07) is 15.3. The van der Waals surface area contributed by atoms with Crippen LogP contribution in [0.5, 0.6) is 0 Å². The lowest BCUT2D eigenvalue weighted by Gasteiger charge is -2.27. The van der Waals surface area contributed by atoms with Crippen molar-refractivity contribution in [2.24, 2.45) is 0 Å². The summed E-state index contributed by atoms with van der Waals surface area (Å²) in [6.07, 6.45) is 1.85. The number of hydrogen-bond acceptors (Lipinski definition) is 2. The summed E-state index contributed by atoms with van der Waals surface area (Å²) in [6.45, 7) is 11.7. The highest BCUT2D eigenvalue weighted by molar-refractivity contribution is 7.80. The largest absolute Gasteiger partial charge is 0.352 e. The Kier molecular flexibility index (Phi) is 5.17. The standard InChI is InChI=1S/C24H28N4S/c1-6-27-23(22(26-24(27)29)21-9-7-8-10-25-21)20-14-17(4)28(18(20)5)19-12-15(2)11-16(3)13-19/h7-14,22-23H,6H2,1-5H3,(H,26,29). The predicted molar refractivity (Wildman–Crippen MR) is 123 cm³/mol. The fraction of sp³-hybridized carbons (Fsp3) is 0.333. The molecule has 1 fully saturated rings. The number of likely N-dealkylation sites (N-methyl/N-ethyl adjacent to an activating group) is 1. The molecule has 1 saturated heterocycles. The number of aromatic nitrogens is 2. The molecule has 1 N–H and O–H groups in total. The first-order chi connectivity index (χ1) is 13.9. The summed E-state index contributed by atoms with van der Waals surface area (Å²) < 4.78 is 2.36. The second-order valence-electron chi connectivity index (χ2n) is 7.92. The molecule has 4 nitrogen and oxygen atoms in total. The minimum absolute atomic E-state index is 0.0387. The summed E-state index contributed by atoms with van der Waals surface area (Å²) in [5, 5.41) is 4.31. The molecule has 3 aromatic rings. The van der Waals surface area contributed by atoms with E-state index in [0.717, 1.165) is 17.4 Å². The van der Waals surface area contributed by atoms with E-state index in [0.29, 0.717) is 0 Å². The van der Waals surface area contributed by atoms with Crippen molar-refractivity contribution in [1.82, 2.24) is 19.8 Å². The van der Waals surface area contributed by atoms with Crippen molar-refractivity contribution in [3.63, 3.8) is 0 Å². The topological polar surface area (TPSA) is 33.1 Å². The lowest BCUT2D eigenvalue weighted by molar-refractivity contribution is 0.329. The van der Waals surface area contributed by atoms with E-state index in [1.54, 1.807) is 0 Å². The van der Waals surface area contributed by atoms with Gasteiger partial charge < -0.3 is 14.8 Å². The molecule has 1 aromatic carbocycles. The van der Waals surface area contributed by atoms with Crippen LogP contribution in [0.1, 0.15) is 52.8 Å². The summed E-state index contributed by atoms with van der Waals surface area (Å²) >= 11 is 5.68. The molecule has 2 unspecified atom stereocenters. The van der Waals surface area contributed by atoms with Crippen molar-refractivity contribution >= 4 is 17.3 Å². The highest BCUT2D eigenvalue weighted by atomic mass is 32.1. The zero-order valence-corrected chi connectivity index (χ0v) is 18.5. The first-order valence-corrected chi connectivity index (χ1v) is 10.6. The normalized spacial score (nSPS) is 18.9. The van der Waals surface area contributed by atoms with Crippen molar-refractivity contribution in [3.8, 4) is 5.69 Å². The van der Waals surface area contributed by atoms with E-state index in [-0.39, 0.29) is 12.1 Å². The molecule has 5 heteroatoms. The molecule has 2 atom stereocenters. The van der Waals surface area contributed by atoms with Crippen LogP contribution in [0.3, 0.4) is 0 Å². The number of pyridine rings is 1. The zero-order valence-electron chi connectivity index (χ0n) is 17.7. The van der Waals surface area contributed by atoms with Gasteiger partial charge in [-0.15, -0.1) is 0 Å². The number of thiocarbonyl (C=S) groups is 1. The Balaban J connectivity index is 1.85. The smallest absolute Gasteiger partial charge is 0.170 e. The molecule has 0 radical (unpaired) electrons. The second-order valence-corrected chi connectivity index (χ2v) is 8.31. The van der Waals surface area contributed by atoms with E-state index in [4.69, 9.17) is 12.2 Å². The average molecular weight is 405 g/mol. The van der Waals surface area contributed by atoms with Gasteiger partial charge in [0.25, 0.3) is 0 Å². The Morgan fingerprint density at radius 2 is 1.76 bits per heavy atom. The van der Waals surface area contributed by atoms with Crippen LogP contribution in [0.4, 0.5) is 0 Å². The van der Waals surface area contributed by atoms with E-state index >= 15 is 0 Å². The quantitative estimate of drug-likeness (QED) is 0.614. The van der Waals surface area contributed by atoms with Crippen LogP contribution in [0.15, 0.2) is 48.7 Å². The van der Waals surface area contributed by atoms with Crippen LogP contribution in [0, 0.1) is 27.7 Å². The van der Waals surface area contributed by atoms with E-state index in [1.165, 1.54) is 33.8 Å². The van der Waals surface area contributed by atoms with Crippen LogP contribution >= 0.6 is 12.2 Å². The first kappa shape index (κ1) is 19.6. The molecule has 0 aliphatic carbocycles. The number of rotatable bonds is 4. The summed E-state index contributed by atoms with van der Waals surface area (Å²) in [5.41, 5.74) is 8.58. The van der Waals surface area contributed by atoms with Gasteiger partial charge in [0, 0.05) is 29.8 Å². The van der Waals surface area contributed by atoms with Crippen LogP contribution in [0.25, 0.3) is 5.69 Å². The van der Waals surface area contributed by atoms with E-state index in [9.17, 15) is 0 Å². The SMILES string of the molecule is CCN1C(=S)NC(c2ccccn2)C1c1cc(C)n(-c2cc(C)cc(C)c2)c1C. The third kappa shape index (κ3) is 3.44. The number of benzene rings is 1. The molecule has 0 amide bonds. The Morgan fingerprint density at radius 3 is 2.38 bits per heavy atom.